The van der Waals surface area contributed by atoms with Crippen LogP contribution in [-0.2, 0) is 0 Å². The highest BCUT2D eigenvalue weighted by atomic mass is 16.6. The monoisotopic (exact) mass is 440 g/mol. The molecule has 5 rings (SSSR count). The normalized spacial score (nSPS) is 14.6. The van der Waals surface area contributed by atoms with Gasteiger partial charge >= 0.3 is 0 Å². The Morgan fingerprint density at radius 1 is 0.970 bits per heavy atom. The molecule has 7 heteroatoms. The summed E-state index contributed by atoms with van der Waals surface area (Å²) in [4.78, 5) is 19.8. The van der Waals surface area contributed by atoms with E-state index in [0.717, 1.165) is 17.0 Å². The van der Waals surface area contributed by atoms with Crippen LogP contribution in [-0.4, -0.2) is 51.4 Å². The molecule has 1 atom stereocenters. The smallest absolute Gasteiger partial charge is 0.293 e. The summed E-state index contributed by atoms with van der Waals surface area (Å²) in [6.45, 7) is 3.19. The minimum atomic E-state index is -0.270. The first-order valence-electron chi connectivity index (χ1n) is 11.0. The number of fused-ring (bicyclic) bond motifs is 1. The van der Waals surface area contributed by atoms with Crippen LogP contribution in [0.15, 0.2) is 84.9 Å². The number of amides is 1. The Balaban J connectivity index is 1.42. The number of likely N-dealkylation sites (N-methyl/N-ethyl adjacent to an activating group) is 1. The van der Waals surface area contributed by atoms with Gasteiger partial charge in [0.2, 0.25) is 5.82 Å². The number of benzene rings is 3. The van der Waals surface area contributed by atoms with E-state index >= 15 is 0 Å². The third kappa shape index (κ3) is 4.30. The molecule has 0 saturated carbocycles. The molecule has 0 spiro atoms. The van der Waals surface area contributed by atoms with Gasteiger partial charge in [-0.25, -0.2) is 9.67 Å². The predicted molar refractivity (Wildman–Crippen MR) is 125 cm³/mol. The van der Waals surface area contributed by atoms with Crippen molar-refractivity contribution in [2.75, 3.05) is 19.7 Å². The number of para-hydroxylation sites is 3. The second-order valence-electron chi connectivity index (χ2n) is 7.71. The van der Waals surface area contributed by atoms with Crippen LogP contribution in [0, 0.1) is 0 Å². The van der Waals surface area contributed by atoms with E-state index in [-0.39, 0.29) is 17.8 Å². The van der Waals surface area contributed by atoms with Crippen molar-refractivity contribution in [3.05, 3.63) is 90.8 Å². The maximum atomic E-state index is 13.4. The molecule has 7 nitrogen and oxygen atoms in total. The number of carbonyl (C=O) groups excluding carboxylic acids is 1. The van der Waals surface area contributed by atoms with Crippen molar-refractivity contribution >= 4 is 5.91 Å². The zero-order chi connectivity index (χ0) is 22.6. The Morgan fingerprint density at radius 3 is 2.36 bits per heavy atom. The maximum absolute atomic E-state index is 13.4. The molecule has 1 aromatic heterocycles. The lowest BCUT2D eigenvalue weighted by Gasteiger charge is -2.30. The van der Waals surface area contributed by atoms with Crippen molar-refractivity contribution in [2.45, 2.75) is 13.0 Å². The largest absolute Gasteiger partial charge is 0.486 e. The molecule has 0 radical (unpaired) electrons. The third-order valence-corrected chi connectivity index (χ3v) is 5.49. The van der Waals surface area contributed by atoms with E-state index in [1.165, 1.54) is 0 Å². The number of aromatic nitrogens is 3. The molecule has 4 aromatic rings. The molecule has 0 aliphatic carbocycles. The molecule has 3 aromatic carbocycles. The van der Waals surface area contributed by atoms with Gasteiger partial charge in [0.05, 0.1) is 12.2 Å². The topological polar surface area (TPSA) is 69.5 Å². The van der Waals surface area contributed by atoms with Gasteiger partial charge in [-0.3, -0.25) is 4.79 Å². The second kappa shape index (κ2) is 9.16. The van der Waals surface area contributed by atoms with Gasteiger partial charge in [0.1, 0.15) is 6.61 Å². The van der Waals surface area contributed by atoms with E-state index in [2.05, 4.69) is 10.1 Å². The summed E-state index contributed by atoms with van der Waals surface area (Å²) in [7, 11) is 0. The van der Waals surface area contributed by atoms with E-state index in [0.29, 0.717) is 31.3 Å². The first-order chi connectivity index (χ1) is 16.2. The Hall–Kier alpha value is -4.13. The zero-order valence-corrected chi connectivity index (χ0v) is 18.3. The van der Waals surface area contributed by atoms with Crippen molar-refractivity contribution in [3.8, 4) is 28.6 Å². The van der Waals surface area contributed by atoms with Gasteiger partial charge in [-0.2, -0.15) is 0 Å². The molecule has 1 aliphatic heterocycles. The van der Waals surface area contributed by atoms with Crippen LogP contribution < -0.4 is 9.47 Å². The summed E-state index contributed by atoms with van der Waals surface area (Å²) in [5.74, 6) is 1.94. The predicted octanol–water partition coefficient (Wildman–Crippen LogP) is 4.24. The number of nitrogens with zero attached hydrogens (tertiary/aromatic N) is 4. The van der Waals surface area contributed by atoms with Crippen LogP contribution in [0.4, 0.5) is 0 Å². The minimum Gasteiger partial charge on any atom is -0.486 e. The second-order valence-corrected chi connectivity index (χ2v) is 7.71. The van der Waals surface area contributed by atoms with E-state index in [9.17, 15) is 4.79 Å². The van der Waals surface area contributed by atoms with Gasteiger partial charge in [-0.05, 0) is 31.2 Å². The Kier molecular flexibility index (Phi) is 5.76. The minimum absolute atomic E-state index is 0.150. The SMILES string of the molecule is CCN(CC1COc2ccccc2O1)C(=O)c1nc(-c2ccccc2)n(-c2ccccc2)n1. The Labute approximate surface area is 192 Å². The number of carbonyl (C=O) groups is 1. The van der Waals surface area contributed by atoms with Gasteiger partial charge < -0.3 is 14.4 Å². The fourth-order valence-electron chi connectivity index (χ4n) is 3.82. The van der Waals surface area contributed by atoms with Crippen LogP contribution >= 0.6 is 0 Å². The lowest BCUT2D eigenvalue weighted by atomic mass is 10.2. The van der Waals surface area contributed by atoms with Crippen molar-refractivity contribution in [1.29, 1.82) is 0 Å². The summed E-state index contributed by atoms with van der Waals surface area (Å²) in [5, 5.41) is 4.60. The quantitative estimate of drug-likeness (QED) is 0.449. The number of hydrogen-bond acceptors (Lipinski definition) is 5. The van der Waals surface area contributed by atoms with Gasteiger partial charge in [-0.1, -0.05) is 60.7 Å². The van der Waals surface area contributed by atoms with Crippen LogP contribution in [0.1, 0.15) is 17.5 Å². The highest BCUT2D eigenvalue weighted by molar-refractivity contribution is 5.91. The van der Waals surface area contributed by atoms with Gasteiger partial charge in [0.25, 0.3) is 5.91 Å². The maximum Gasteiger partial charge on any atom is 0.293 e. The van der Waals surface area contributed by atoms with Gasteiger partial charge in [-0.15, -0.1) is 5.10 Å². The molecule has 0 bridgehead atoms. The Bertz CT molecular complexity index is 1180. The molecule has 1 aliphatic rings. The van der Waals surface area contributed by atoms with E-state index in [1.807, 2.05) is 91.9 Å². The average molecular weight is 441 g/mol. The molecule has 0 N–H and O–H groups in total. The lowest BCUT2D eigenvalue weighted by Crippen LogP contribution is -2.44. The molecule has 0 saturated heterocycles. The molecular weight excluding hydrogens is 416 g/mol. The highest BCUT2D eigenvalue weighted by Crippen LogP contribution is 2.31. The van der Waals surface area contributed by atoms with Crippen LogP contribution in [0.5, 0.6) is 11.5 Å². The first-order valence-corrected chi connectivity index (χ1v) is 11.0. The molecular formula is C26H24N4O3. The van der Waals surface area contributed by atoms with Crippen molar-refractivity contribution in [1.82, 2.24) is 19.7 Å². The summed E-state index contributed by atoms with van der Waals surface area (Å²) in [6, 6.07) is 27.0. The van der Waals surface area contributed by atoms with Gasteiger partial charge in [0, 0.05) is 12.1 Å². The van der Waals surface area contributed by atoms with Crippen LogP contribution in [0.2, 0.25) is 0 Å². The van der Waals surface area contributed by atoms with E-state index in [1.54, 1.807) is 9.58 Å². The van der Waals surface area contributed by atoms with Crippen LogP contribution in [0.3, 0.4) is 0 Å². The first kappa shape index (κ1) is 20.8. The third-order valence-electron chi connectivity index (χ3n) is 5.49. The highest BCUT2D eigenvalue weighted by Gasteiger charge is 2.28. The average Bonchev–Trinajstić information content (AvgIpc) is 3.33. The fourth-order valence-corrected chi connectivity index (χ4v) is 3.82. The number of hydrogen-bond donors (Lipinski definition) is 0. The molecule has 0 fully saturated rings. The van der Waals surface area contributed by atoms with Crippen molar-refractivity contribution in [3.63, 3.8) is 0 Å². The number of rotatable bonds is 6. The molecule has 1 unspecified atom stereocenters. The molecule has 1 amide bonds. The van der Waals surface area contributed by atoms with E-state index < -0.39 is 0 Å². The Morgan fingerprint density at radius 2 is 1.64 bits per heavy atom. The van der Waals surface area contributed by atoms with Crippen LogP contribution in [0.25, 0.3) is 17.1 Å². The zero-order valence-electron chi connectivity index (χ0n) is 18.3. The lowest BCUT2D eigenvalue weighted by molar-refractivity contribution is 0.0467. The summed E-state index contributed by atoms with van der Waals surface area (Å²) >= 11 is 0. The van der Waals surface area contributed by atoms with E-state index in [4.69, 9.17) is 9.47 Å². The molecule has 2 heterocycles. The summed E-state index contributed by atoms with van der Waals surface area (Å²) < 4.78 is 13.6. The van der Waals surface area contributed by atoms with Gasteiger partial charge in [0.15, 0.2) is 23.4 Å². The van der Waals surface area contributed by atoms with Crippen molar-refractivity contribution < 1.29 is 14.3 Å². The summed E-state index contributed by atoms with van der Waals surface area (Å²) in [6.07, 6.45) is -0.270. The summed E-state index contributed by atoms with van der Waals surface area (Å²) in [5.41, 5.74) is 1.73. The standard InChI is InChI=1S/C26H24N4O3/c1-2-29(17-21-18-32-22-15-9-10-16-23(22)33-21)26(31)24-27-25(19-11-5-3-6-12-19)30(28-24)20-13-7-4-8-14-20/h3-16,21H,2,17-18H2,1H3. The number of ether oxygens (including phenoxy) is 2. The fraction of sp³-hybridized carbons (Fsp3) is 0.192. The van der Waals surface area contributed by atoms with Crippen molar-refractivity contribution in [2.24, 2.45) is 0 Å². The molecule has 33 heavy (non-hydrogen) atoms. The molecule has 166 valence electrons.